The first kappa shape index (κ1) is 33.5. The molecule has 0 saturated carbocycles. The van der Waals surface area contributed by atoms with Gasteiger partial charge in [0.25, 0.3) is 0 Å². The Morgan fingerprint density at radius 2 is 0.952 bits per heavy atom. The number of benzene rings is 1. The topological polar surface area (TPSA) is 20.2 Å². The Balaban J connectivity index is -0.000000171. The van der Waals surface area contributed by atoms with Gasteiger partial charge in [-0.05, 0) is 28.9 Å². The Morgan fingerprint density at radius 1 is 0.714 bits per heavy atom. The average molecular weight is 550 g/mol. The first-order chi connectivity index (χ1) is 7.03. The second kappa shape index (κ2) is 11.4. The van der Waals surface area contributed by atoms with E-state index in [4.69, 9.17) is 0 Å². The summed E-state index contributed by atoms with van der Waals surface area (Å²) >= 11 is 0. The van der Waals surface area contributed by atoms with Crippen LogP contribution in [-0.4, -0.2) is 5.11 Å². The molecule has 1 aromatic rings. The van der Waals surface area contributed by atoms with Gasteiger partial charge in [0, 0.05) is 21.1 Å². The maximum atomic E-state index is 10.4. The Kier molecular flexibility index (Phi) is 18.2. The van der Waals surface area contributed by atoms with E-state index < -0.39 is 0 Å². The minimum atomic E-state index is -0.0178. The monoisotopic (exact) mass is 548 g/mol. The molecular formula is C15H28Cl4OW. The van der Waals surface area contributed by atoms with E-state index in [9.17, 15) is 5.11 Å². The van der Waals surface area contributed by atoms with E-state index >= 15 is 0 Å². The summed E-state index contributed by atoms with van der Waals surface area (Å²) in [5, 5.41) is 10.4. The van der Waals surface area contributed by atoms with Gasteiger partial charge in [-0.3, -0.25) is 0 Å². The van der Waals surface area contributed by atoms with Crippen molar-refractivity contribution in [1.82, 2.24) is 0 Å². The molecule has 0 aliphatic carbocycles. The van der Waals surface area contributed by atoms with Crippen molar-refractivity contribution in [2.75, 3.05) is 0 Å². The number of hydrogen-bond acceptors (Lipinski definition) is 1. The summed E-state index contributed by atoms with van der Waals surface area (Å²) < 4.78 is 0. The first-order valence-electron chi connectivity index (χ1n) is 5.88. The van der Waals surface area contributed by atoms with E-state index in [-0.39, 0.29) is 81.5 Å². The van der Waals surface area contributed by atoms with Crippen LogP contribution in [0.3, 0.4) is 0 Å². The van der Waals surface area contributed by atoms with Gasteiger partial charge < -0.3 is 5.11 Å². The van der Waals surface area contributed by atoms with Crippen LogP contribution in [0, 0.1) is 6.92 Å². The van der Waals surface area contributed by atoms with Crippen molar-refractivity contribution in [1.29, 1.82) is 0 Å². The molecule has 0 bridgehead atoms. The molecule has 1 nitrogen and oxygen atoms in total. The molecule has 0 saturated heterocycles. The molecule has 0 aliphatic rings. The molecule has 0 aromatic heterocycles. The molecule has 0 amide bonds. The number of aryl methyl sites for hydroxylation is 1. The van der Waals surface area contributed by atoms with Crippen LogP contribution in [0.1, 0.15) is 58.2 Å². The van der Waals surface area contributed by atoms with Crippen LogP contribution in [-0.2, 0) is 31.9 Å². The molecule has 0 spiro atoms. The van der Waals surface area contributed by atoms with Crippen molar-refractivity contribution >= 4 is 49.6 Å². The fourth-order valence-corrected chi connectivity index (χ4v) is 1.92. The van der Waals surface area contributed by atoms with Crippen molar-refractivity contribution in [2.24, 2.45) is 0 Å². The Labute approximate surface area is 169 Å². The van der Waals surface area contributed by atoms with Gasteiger partial charge >= 0.3 is 0 Å². The number of phenols is 1. The van der Waals surface area contributed by atoms with Crippen LogP contribution in [0.2, 0.25) is 0 Å². The molecular weight excluding hydrogens is 522 g/mol. The summed E-state index contributed by atoms with van der Waals surface area (Å²) in [5.41, 5.74) is 3.26. The maximum Gasteiger partial charge on any atom is 0.123 e. The number of hydrogen-bond donors (Lipinski definition) is 1. The third-order valence-electron chi connectivity index (χ3n) is 2.87. The van der Waals surface area contributed by atoms with Crippen LogP contribution in [0.15, 0.2) is 12.1 Å². The molecule has 1 rings (SSSR count). The summed E-state index contributed by atoms with van der Waals surface area (Å²) in [6.07, 6.45) is 0. The fraction of sp³-hybridized carbons (Fsp3) is 0.600. The summed E-state index contributed by atoms with van der Waals surface area (Å²) in [7, 11) is 0. The van der Waals surface area contributed by atoms with Gasteiger partial charge in [-0.2, -0.15) is 0 Å². The van der Waals surface area contributed by atoms with Crippen molar-refractivity contribution in [3.05, 3.63) is 28.8 Å². The number of rotatable bonds is 0. The zero-order chi connectivity index (χ0) is 12.7. The van der Waals surface area contributed by atoms with E-state index in [1.165, 1.54) is 5.56 Å². The smallest absolute Gasteiger partial charge is 0.123 e. The molecule has 0 atom stereocenters. The quantitative estimate of drug-likeness (QED) is 0.422. The maximum absolute atomic E-state index is 10.4. The predicted molar refractivity (Wildman–Crippen MR) is 99.2 cm³/mol. The zero-order valence-corrected chi connectivity index (χ0v) is 19.8. The normalized spacial score (nSPS) is 9.86. The molecule has 0 unspecified atom stereocenters. The standard InChI is InChI=1S/C15H24O.4ClH.W/c1-10-8-11(14(2,3)4)13(16)12(9-10)15(5,6)7;;;;;/h8-9,16H,1-7H3;4*1H;. The van der Waals surface area contributed by atoms with Crippen molar-refractivity contribution in [2.45, 2.75) is 59.3 Å². The largest absolute Gasteiger partial charge is 0.507 e. The van der Waals surface area contributed by atoms with Gasteiger partial charge in [0.05, 0.1) is 0 Å². The summed E-state index contributed by atoms with van der Waals surface area (Å²) in [4.78, 5) is 0. The van der Waals surface area contributed by atoms with Crippen molar-refractivity contribution in [3.8, 4) is 5.75 Å². The Bertz CT molecular complexity index is 374. The van der Waals surface area contributed by atoms with Gasteiger partial charge in [0.15, 0.2) is 0 Å². The predicted octanol–water partition coefficient (Wildman–Crippen LogP) is 5.98. The number of aromatic hydroxyl groups is 1. The fourth-order valence-electron chi connectivity index (χ4n) is 1.92. The molecule has 21 heavy (non-hydrogen) atoms. The molecule has 6 heteroatoms. The van der Waals surface area contributed by atoms with Crippen LogP contribution >= 0.6 is 49.6 Å². The summed E-state index contributed by atoms with van der Waals surface area (Å²) in [6.45, 7) is 14.9. The molecule has 0 radical (unpaired) electrons. The minimum absolute atomic E-state index is 0. The third kappa shape index (κ3) is 8.91. The minimum Gasteiger partial charge on any atom is -0.507 e. The molecule has 128 valence electrons. The molecule has 0 fully saturated rings. The second-order valence-corrected chi connectivity index (χ2v) is 6.71. The third-order valence-corrected chi connectivity index (χ3v) is 2.87. The molecule has 0 aliphatic heterocycles. The molecule has 0 heterocycles. The number of phenolic OH excluding ortho intramolecular Hbond substituents is 1. The van der Waals surface area contributed by atoms with Crippen LogP contribution in [0.5, 0.6) is 5.75 Å². The van der Waals surface area contributed by atoms with Crippen LogP contribution in [0.25, 0.3) is 0 Å². The van der Waals surface area contributed by atoms with Gasteiger partial charge in [0.1, 0.15) is 5.75 Å². The SMILES string of the molecule is Cc1cc(C(C)(C)C)c(O)c(C(C)(C)C)c1.Cl.Cl.Cl.Cl.[W]. The zero-order valence-electron chi connectivity index (χ0n) is 13.6. The average Bonchev–Trinajstić information content (AvgIpc) is 2.04. The summed E-state index contributed by atoms with van der Waals surface area (Å²) in [5.74, 6) is 0.464. The second-order valence-electron chi connectivity index (χ2n) is 6.71. The summed E-state index contributed by atoms with van der Waals surface area (Å²) in [6, 6.07) is 4.18. The first-order valence-corrected chi connectivity index (χ1v) is 5.88. The van der Waals surface area contributed by atoms with Gasteiger partial charge in [-0.1, -0.05) is 59.2 Å². The molecule has 1 N–H and O–H groups in total. The Hall–Kier alpha value is 0.868. The van der Waals surface area contributed by atoms with E-state index in [1.807, 2.05) is 0 Å². The van der Waals surface area contributed by atoms with Crippen LogP contribution < -0.4 is 0 Å². The van der Waals surface area contributed by atoms with Crippen LogP contribution in [0.4, 0.5) is 0 Å². The Morgan fingerprint density at radius 3 is 1.14 bits per heavy atom. The molecule has 1 aromatic carbocycles. The van der Waals surface area contributed by atoms with Gasteiger partial charge in [0.2, 0.25) is 0 Å². The van der Waals surface area contributed by atoms with E-state index in [1.54, 1.807) is 0 Å². The number of halogens is 4. The van der Waals surface area contributed by atoms with Crippen molar-refractivity contribution in [3.63, 3.8) is 0 Å². The van der Waals surface area contributed by atoms with E-state index in [0.717, 1.165) is 11.1 Å². The van der Waals surface area contributed by atoms with Gasteiger partial charge in [-0.15, -0.1) is 49.6 Å². The van der Waals surface area contributed by atoms with Crippen molar-refractivity contribution < 1.29 is 26.2 Å². The van der Waals surface area contributed by atoms with Gasteiger partial charge in [-0.25, -0.2) is 0 Å². The van der Waals surface area contributed by atoms with E-state index in [2.05, 4.69) is 60.6 Å². The van der Waals surface area contributed by atoms with E-state index in [0.29, 0.717) is 5.75 Å².